The molecule has 1 amide bonds. The monoisotopic (exact) mass is 319 g/mol. The Morgan fingerprint density at radius 1 is 1.41 bits per heavy atom. The second kappa shape index (κ2) is 8.60. The summed E-state index contributed by atoms with van der Waals surface area (Å²) in [4.78, 5) is 16.3. The van der Waals surface area contributed by atoms with Crippen molar-refractivity contribution in [2.24, 2.45) is 0 Å². The van der Waals surface area contributed by atoms with Gasteiger partial charge < -0.3 is 15.0 Å². The van der Waals surface area contributed by atoms with Gasteiger partial charge in [-0.1, -0.05) is 30.3 Å². The summed E-state index contributed by atoms with van der Waals surface area (Å²) in [6, 6.07) is 9.65. The Labute approximate surface area is 134 Å². The molecule has 0 bridgehead atoms. The number of benzene rings is 1. The molecular formula is C16H21N3O2S. The average molecular weight is 319 g/mol. The maximum absolute atomic E-state index is 12.0. The molecule has 1 heterocycles. The zero-order chi connectivity index (χ0) is 15.8. The second-order valence-electron chi connectivity index (χ2n) is 5.03. The van der Waals surface area contributed by atoms with Gasteiger partial charge in [-0.15, -0.1) is 0 Å². The average Bonchev–Trinajstić information content (AvgIpc) is 3.00. The minimum Gasteiger partial charge on any atom is -0.394 e. The van der Waals surface area contributed by atoms with Crippen molar-refractivity contribution in [2.75, 3.05) is 18.6 Å². The van der Waals surface area contributed by atoms with Crippen LogP contribution in [0.2, 0.25) is 0 Å². The lowest BCUT2D eigenvalue weighted by Crippen LogP contribution is -2.39. The first-order valence-corrected chi connectivity index (χ1v) is 8.58. The Morgan fingerprint density at radius 2 is 2.18 bits per heavy atom. The van der Waals surface area contributed by atoms with Crippen LogP contribution in [-0.2, 0) is 11.3 Å². The lowest BCUT2D eigenvalue weighted by atomic mass is 10.2. The number of thioether (sulfide) groups is 1. The molecule has 118 valence electrons. The van der Waals surface area contributed by atoms with E-state index in [9.17, 15) is 9.90 Å². The third-order valence-electron chi connectivity index (χ3n) is 3.28. The molecule has 0 aliphatic heterocycles. The summed E-state index contributed by atoms with van der Waals surface area (Å²) in [6.07, 6.45) is 6.28. The van der Waals surface area contributed by atoms with Gasteiger partial charge >= 0.3 is 0 Å². The first-order chi connectivity index (χ1) is 10.7. The minimum absolute atomic E-state index is 0.0362. The normalized spacial score (nSPS) is 12.1. The maximum Gasteiger partial charge on any atom is 0.240 e. The number of nitrogens with one attached hydrogen (secondary N) is 1. The molecule has 1 aromatic carbocycles. The molecule has 1 aromatic heterocycles. The van der Waals surface area contributed by atoms with Crippen LogP contribution in [0.15, 0.2) is 42.9 Å². The molecule has 0 aliphatic rings. The van der Waals surface area contributed by atoms with Gasteiger partial charge in [-0.2, -0.15) is 11.8 Å². The molecule has 0 unspecified atom stereocenters. The predicted molar refractivity (Wildman–Crippen MR) is 89.7 cm³/mol. The summed E-state index contributed by atoms with van der Waals surface area (Å²) in [7, 11) is 0. The largest absolute Gasteiger partial charge is 0.394 e. The lowest BCUT2D eigenvalue weighted by molar-refractivity contribution is -0.122. The highest BCUT2D eigenvalue weighted by Crippen LogP contribution is 2.15. The number of carbonyl (C=O) groups excluding carboxylic acids is 1. The highest BCUT2D eigenvalue weighted by molar-refractivity contribution is 7.98. The summed E-state index contributed by atoms with van der Waals surface area (Å²) in [6.45, 7) is 0.168. The minimum atomic E-state index is -0.183. The van der Waals surface area contributed by atoms with Crippen LogP contribution in [0.3, 0.4) is 0 Å². The van der Waals surface area contributed by atoms with Gasteiger partial charge in [-0.05, 0) is 18.4 Å². The van der Waals surface area contributed by atoms with Crippen LogP contribution in [0.25, 0.3) is 11.3 Å². The zero-order valence-corrected chi connectivity index (χ0v) is 13.4. The summed E-state index contributed by atoms with van der Waals surface area (Å²) in [5.41, 5.74) is 1.87. The summed E-state index contributed by atoms with van der Waals surface area (Å²) >= 11 is 1.70. The number of hydrogen-bond acceptors (Lipinski definition) is 4. The quantitative estimate of drug-likeness (QED) is 0.778. The van der Waals surface area contributed by atoms with E-state index in [2.05, 4.69) is 10.3 Å². The summed E-state index contributed by atoms with van der Waals surface area (Å²) in [5, 5.41) is 12.1. The van der Waals surface area contributed by atoms with Gasteiger partial charge in [0, 0.05) is 11.8 Å². The third kappa shape index (κ3) is 4.89. The number of amides is 1. The molecule has 6 heteroatoms. The topological polar surface area (TPSA) is 67.2 Å². The van der Waals surface area contributed by atoms with Gasteiger partial charge in [0.15, 0.2) is 0 Å². The molecule has 2 rings (SSSR count). The Hall–Kier alpha value is -1.79. The summed E-state index contributed by atoms with van der Waals surface area (Å²) < 4.78 is 1.75. The highest BCUT2D eigenvalue weighted by Gasteiger charge is 2.12. The number of hydrogen-bond donors (Lipinski definition) is 2. The Bertz CT molecular complexity index is 586. The Balaban J connectivity index is 1.91. The SMILES string of the molecule is CSCC[C@@H](CO)NC(=O)Cn1cnc(-c2ccccc2)c1. The number of aliphatic hydroxyl groups excluding tert-OH is 1. The number of aliphatic hydroxyl groups is 1. The van der Waals surface area contributed by atoms with E-state index in [1.54, 1.807) is 22.7 Å². The van der Waals surface area contributed by atoms with Crippen LogP contribution < -0.4 is 5.32 Å². The second-order valence-corrected chi connectivity index (χ2v) is 6.01. The van der Waals surface area contributed by atoms with Crippen LogP contribution in [0.4, 0.5) is 0 Å². The Kier molecular flexibility index (Phi) is 6.48. The van der Waals surface area contributed by atoms with E-state index in [1.807, 2.05) is 42.8 Å². The molecule has 0 saturated carbocycles. The van der Waals surface area contributed by atoms with Crippen molar-refractivity contribution in [3.63, 3.8) is 0 Å². The van der Waals surface area contributed by atoms with Crippen molar-refractivity contribution < 1.29 is 9.90 Å². The van der Waals surface area contributed by atoms with Crippen LogP contribution in [0.1, 0.15) is 6.42 Å². The van der Waals surface area contributed by atoms with Gasteiger partial charge in [0.1, 0.15) is 6.54 Å². The zero-order valence-electron chi connectivity index (χ0n) is 12.6. The van der Waals surface area contributed by atoms with E-state index in [4.69, 9.17) is 0 Å². The fraction of sp³-hybridized carbons (Fsp3) is 0.375. The van der Waals surface area contributed by atoms with E-state index in [1.165, 1.54) is 0 Å². The number of rotatable bonds is 8. The standard InChI is InChI=1S/C16H21N3O2S/c1-22-8-7-14(11-20)18-16(21)10-19-9-15(17-12-19)13-5-3-2-4-6-13/h2-6,9,12,14,20H,7-8,10-11H2,1H3,(H,18,21)/t14-/m0/s1. The third-order valence-corrected chi connectivity index (χ3v) is 3.93. The fourth-order valence-corrected chi connectivity index (χ4v) is 2.63. The number of aromatic nitrogens is 2. The number of nitrogens with zero attached hydrogens (tertiary/aromatic N) is 2. The molecule has 2 aromatic rings. The first-order valence-electron chi connectivity index (χ1n) is 7.19. The van der Waals surface area contributed by atoms with E-state index < -0.39 is 0 Å². The van der Waals surface area contributed by atoms with E-state index in [-0.39, 0.29) is 25.1 Å². The molecule has 0 radical (unpaired) electrons. The maximum atomic E-state index is 12.0. The number of imidazole rings is 1. The van der Waals surface area contributed by atoms with Crippen molar-refractivity contribution in [2.45, 2.75) is 19.0 Å². The van der Waals surface area contributed by atoms with Crippen molar-refractivity contribution in [3.05, 3.63) is 42.9 Å². The first kappa shape index (κ1) is 16.6. The lowest BCUT2D eigenvalue weighted by Gasteiger charge is -2.15. The van der Waals surface area contributed by atoms with Crippen molar-refractivity contribution in [1.29, 1.82) is 0 Å². The van der Waals surface area contributed by atoms with Crippen molar-refractivity contribution >= 4 is 17.7 Å². The van der Waals surface area contributed by atoms with Crippen LogP contribution in [0.5, 0.6) is 0 Å². The Morgan fingerprint density at radius 3 is 2.86 bits per heavy atom. The van der Waals surface area contributed by atoms with Gasteiger partial charge in [0.05, 0.1) is 24.7 Å². The van der Waals surface area contributed by atoms with Crippen molar-refractivity contribution in [1.82, 2.24) is 14.9 Å². The summed E-state index contributed by atoms with van der Waals surface area (Å²) in [5.74, 6) is 0.798. The molecule has 5 nitrogen and oxygen atoms in total. The molecular weight excluding hydrogens is 298 g/mol. The van der Waals surface area contributed by atoms with E-state index >= 15 is 0 Å². The molecule has 0 aliphatic carbocycles. The molecule has 0 fully saturated rings. The molecule has 2 N–H and O–H groups in total. The number of carbonyl (C=O) groups is 1. The smallest absolute Gasteiger partial charge is 0.240 e. The highest BCUT2D eigenvalue weighted by atomic mass is 32.2. The van der Waals surface area contributed by atoms with Crippen LogP contribution >= 0.6 is 11.8 Å². The van der Waals surface area contributed by atoms with Crippen molar-refractivity contribution in [3.8, 4) is 11.3 Å². The van der Waals surface area contributed by atoms with E-state index in [0.29, 0.717) is 0 Å². The van der Waals surface area contributed by atoms with Crippen LogP contribution in [0, 0.1) is 0 Å². The van der Waals surface area contributed by atoms with Gasteiger partial charge in [-0.25, -0.2) is 4.98 Å². The molecule has 22 heavy (non-hydrogen) atoms. The van der Waals surface area contributed by atoms with E-state index in [0.717, 1.165) is 23.4 Å². The molecule has 1 atom stereocenters. The van der Waals surface area contributed by atoms with Crippen LogP contribution in [-0.4, -0.2) is 45.2 Å². The van der Waals surface area contributed by atoms with Gasteiger partial charge in [-0.3, -0.25) is 4.79 Å². The predicted octanol–water partition coefficient (Wildman–Crippen LogP) is 1.78. The van der Waals surface area contributed by atoms with Gasteiger partial charge in [0.25, 0.3) is 0 Å². The molecule has 0 spiro atoms. The molecule has 0 saturated heterocycles. The fourth-order valence-electron chi connectivity index (χ4n) is 2.11. The van der Waals surface area contributed by atoms with Gasteiger partial charge in [0.2, 0.25) is 5.91 Å².